The highest BCUT2D eigenvalue weighted by atomic mass is 19.1. The third-order valence-electron chi connectivity index (χ3n) is 6.58. The molecule has 2 aromatic rings. The van der Waals surface area contributed by atoms with Crippen molar-refractivity contribution >= 4 is 22.6 Å². The molecule has 1 aliphatic carbocycles. The van der Waals surface area contributed by atoms with Gasteiger partial charge >= 0.3 is 5.97 Å². The number of pyridine rings is 1. The van der Waals surface area contributed by atoms with Crippen molar-refractivity contribution in [3.05, 3.63) is 39.4 Å². The van der Waals surface area contributed by atoms with E-state index in [1.807, 2.05) is 4.90 Å². The fraction of sp³-hybridized carbons (Fsp3) is 0.524. The lowest BCUT2D eigenvalue weighted by atomic mass is 9.94. The summed E-state index contributed by atoms with van der Waals surface area (Å²) in [6.45, 7) is 1.90. The number of aromatic nitrogens is 1. The minimum atomic E-state index is -1.32. The van der Waals surface area contributed by atoms with Gasteiger partial charge in [0.2, 0.25) is 5.43 Å². The van der Waals surface area contributed by atoms with E-state index in [4.69, 9.17) is 0 Å². The molecule has 3 heterocycles. The Balaban J connectivity index is 1.73. The number of anilines is 1. The number of carbonyl (C=O) groups is 1. The molecule has 3 fully saturated rings. The highest BCUT2D eigenvalue weighted by Gasteiger charge is 2.37. The highest BCUT2D eigenvalue weighted by molar-refractivity contribution is 5.95. The number of aliphatic hydroxyl groups is 1. The van der Waals surface area contributed by atoms with Crippen molar-refractivity contribution in [2.45, 2.75) is 44.4 Å². The van der Waals surface area contributed by atoms with Gasteiger partial charge in [0.15, 0.2) is 0 Å². The van der Waals surface area contributed by atoms with Crippen molar-refractivity contribution in [2.75, 3.05) is 24.5 Å². The van der Waals surface area contributed by atoms with Gasteiger partial charge in [-0.25, -0.2) is 9.18 Å². The van der Waals surface area contributed by atoms with Gasteiger partial charge in [-0.2, -0.15) is 0 Å². The van der Waals surface area contributed by atoms with Crippen LogP contribution >= 0.6 is 0 Å². The molecule has 3 aliphatic rings. The molecule has 0 radical (unpaired) electrons. The topological polar surface area (TPSA) is 94.8 Å². The maximum absolute atomic E-state index is 15.3. The van der Waals surface area contributed by atoms with Crippen molar-refractivity contribution in [3.63, 3.8) is 0 Å². The molecule has 1 saturated carbocycles. The number of rotatable bonds is 4. The van der Waals surface area contributed by atoms with Gasteiger partial charge in [0.05, 0.1) is 17.8 Å². The SMILES string of the molecule is O=C(O)c1cn(C2CC2)c2c(CO)c(N3CC4CCCNC4C3)c(F)cc2c1=O. The maximum Gasteiger partial charge on any atom is 0.341 e. The van der Waals surface area contributed by atoms with E-state index in [0.717, 1.165) is 38.3 Å². The van der Waals surface area contributed by atoms with E-state index in [9.17, 15) is 19.8 Å². The van der Waals surface area contributed by atoms with Gasteiger partial charge in [-0.15, -0.1) is 0 Å². The number of hydrogen-bond donors (Lipinski definition) is 3. The van der Waals surface area contributed by atoms with Crippen molar-refractivity contribution in [2.24, 2.45) is 5.92 Å². The number of carboxylic acid groups (broad SMARTS) is 1. The molecule has 0 bridgehead atoms. The summed E-state index contributed by atoms with van der Waals surface area (Å²) < 4.78 is 17.0. The molecule has 7 nitrogen and oxygen atoms in total. The van der Waals surface area contributed by atoms with Crippen LogP contribution < -0.4 is 15.6 Å². The van der Waals surface area contributed by atoms with E-state index in [1.54, 1.807) is 4.57 Å². The average molecular weight is 401 g/mol. The van der Waals surface area contributed by atoms with Gasteiger partial charge in [-0.1, -0.05) is 0 Å². The second kappa shape index (κ2) is 6.81. The Bertz CT molecular complexity index is 1050. The van der Waals surface area contributed by atoms with E-state index in [2.05, 4.69) is 5.32 Å². The molecule has 1 aromatic heterocycles. The van der Waals surface area contributed by atoms with E-state index >= 15 is 4.39 Å². The first kappa shape index (κ1) is 18.6. The molecule has 2 saturated heterocycles. The van der Waals surface area contributed by atoms with Crippen LogP contribution in [0.5, 0.6) is 0 Å². The number of aliphatic hydroxyl groups excluding tert-OH is 1. The van der Waals surface area contributed by atoms with Crippen molar-refractivity contribution in [3.8, 4) is 0 Å². The Kier molecular flexibility index (Phi) is 4.36. The first-order chi connectivity index (χ1) is 14.0. The molecule has 29 heavy (non-hydrogen) atoms. The van der Waals surface area contributed by atoms with Crippen LogP contribution in [-0.2, 0) is 6.61 Å². The van der Waals surface area contributed by atoms with Crippen LogP contribution in [0.15, 0.2) is 17.1 Å². The second-order valence-corrected chi connectivity index (χ2v) is 8.42. The molecule has 0 spiro atoms. The number of benzene rings is 1. The molecule has 2 aliphatic heterocycles. The van der Waals surface area contributed by atoms with Crippen molar-refractivity contribution in [1.29, 1.82) is 0 Å². The Labute approximate surface area is 166 Å². The largest absolute Gasteiger partial charge is 0.477 e. The molecule has 154 valence electrons. The van der Waals surface area contributed by atoms with Gasteiger partial charge in [0.1, 0.15) is 11.4 Å². The van der Waals surface area contributed by atoms with Crippen LogP contribution in [0.25, 0.3) is 10.9 Å². The molecule has 0 amide bonds. The normalized spacial score (nSPS) is 24.1. The number of nitrogens with zero attached hydrogens (tertiary/aromatic N) is 2. The third kappa shape index (κ3) is 2.93. The predicted octanol–water partition coefficient (Wildman–Crippen LogP) is 1.85. The third-order valence-corrected chi connectivity index (χ3v) is 6.58. The summed E-state index contributed by atoms with van der Waals surface area (Å²) >= 11 is 0. The van der Waals surface area contributed by atoms with Crippen LogP contribution in [0, 0.1) is 11.7 Å². The summed E-state index contributed by atoms with van der Waals surface area (Å²) in [5.41, 5.74) is 0.107. The van der Waals surface area contributed by atoms with E-state index in [0.29, 0.717) is 41.8 Å². The minimum Gasteiger partial charge on any atom is -0.477 e. The first-order valence-electron chi connectivity index (χ1n) is 10.2. The number of aromatic carboxylic acids is 1. The number of halogens is 1. The zero-order chi connectivity index (χ0) is 20.3. The predicted molar refractivity (Wildman–Crippen MR) is 106 cm³/mol. The molecule has 8 heteroatoms. The Hall–Kier alpha value is -2.45. The Morgan fingerprint density at radius 1 is 1.28 bits per heavy atom. The molecule has 5 rings (SSSR count). The van der Waals surface area contributed by atoms with E-state index in [1.165, 1.54) is 6.20 Å². The van der Waals surface area contributed by atoms with Crippen LogP contribution in [0.3, 0.4) is 0 Å². The fourth-order valence-corrected chi connectivity index (χ4v) is 5.07. The summed E-state index contributed by atoms with van der Waals surface area (Å²) in [5.74, 6) is -1.47. The van der Waals surface area contributed by atoms with Crippen molar-refractivity contribution < 1.29 is 19.4 Å². The molecule has 1 aromatic carbocycles. The number of hydrogen-bond acceptors (Lipinski definition) is 5. The Morgan fingerprint density at radius 2 is 2.07 bits per heavy atom. The van der Waals surface area contributed by atoms with Gasteiger partial charge in [0, 0.05) is 42.3 Å². The van der Waals surface area contributed by atoms with Gasteiger partial charge in [-0.05, 0) is 44.2 Å². The van der Waals surface area contributed by atoms with Gasteiger partial charge in [-0.3, -0.25) is 4.79 Å². The van der Waals surface area contributed by atoms with Crippen LogP contribution in [0.4, 0.5) is 10.1 Å². The number of carboxylic acids is 1. The van der Waals surface area contributed by atoms with Crippen LogP contribution in [0.1, 0.15) is 47.6 Å². The Morgan fingerprint density at radius 3 is 2.72 bits per heavy atom. The van der Waals surface area contributed by atoms with Gasteiger partial charge < -0.3 is 25.0 Å². The maximum atomic E-state index is 15.3. The number of nitrogens with one attached hydrogen (secondary N) is 1. The molecular formula is C21H24FN3O4. The van der Waals surface area contributed by atoms with Crippen molar-refractivity contribution in [1.82, 2.24) is 9.88 Å². The smallest absolute Gasteiger partial charge is 0.341 e. The monoisotopic (exact) mass is 401 g/mol. The summed E-state index contributed by atoms with van der Waals surface area (Å²) in [5, 5.41) is 23.2. The zero-order valence-corrected chi connectivity index (χ0v) is 16.0. The second-order valence-electron chi connectivity index (χ2n) is 8.42. The lowest BCUT2D eigenvalue weighted by Gasteiger charge is -2.25. The lowest BCUT2D eigenvalue weighted by molar-refractivity contribution is 0.0695. The average Bonchev–Trinajstić information content (AvgIpc) is 3.45. The molecule has 2 unspecified atom stereocenters. The van der Waals surface area contributed by atoms with Crippen LogP contribution in [0.2, 0.25) is 0 Å². The van der Waals surface area contributed by atoms with E-state index < -0.39 is 23.8 Å². The first-order valence-corrected chi connectivity index (χ1v) is 10.2. The fourth-order valence-electron chi connectivity index (χ4n) is 5.07. The summed E-state index contributed by atoms with van der Waals surface area (Å²) in [6, 6.07) is 1.53. The minimum absolute atomic E-state index is 0.0249. The van der Waals surface area contributed by atoms with Gasteiger partial charge in [0.25, 0.3) is 0 Å². The highest BCUT2D eigenvalue weighted by Crippen LogP contribution is 2.41. The molecule has 3 N–H and O–H groups in total. The summed E-state index contributed by atoms with van der Waals surface area (Å²) in [4.78, 5) is 26.3. The van der Waals surface area contributed by atoms with Crippen LogP contribution in [-0.4, -0.2) is 46.4 Å². The zero-order valence-electron chi connectivity index (χ0n) is 16.0. The quantitative estimate of drug-likeness (QED) is 0.724. The number of fused-ring (bicyclic) bond motifs is 2. The number of piperidine rings is 1. The molecule has 2 atom stereocenters. The van der Waals surface area contributed by atoms with E-state index in [-0.39, 0.29) is 17.0 Å². The lowest BCUT2D eigenvalue weighted by Crippen LogP contribution is -2.40. The standard InChI is InChI=1S/C21H24FN3O4/c22-16-6-13-18(25(12-3-4-12)8-14(20(13)27)21(28)29)15(10-26)19(16)24-7-11-2-1-5-23-17(11)9-24/h6,8,11-12,17,23,26H,1-5,7,9-10H2,(H,28,29). The molecular weight excluding hydrogens is 377 g/mol. The summed E-state index contributed by atoms with van der Waals surface area (Å²) in [6.07, 6.45) is 5.28. The summed E-state index contributed by atoms with van der Waals surface area (Å²) in [7, 11) is 0.